The van der Waals surface area contributed by atoms with E-state index in [1.54, 1.807) is 0 Å². The molecule has 0 unspecified atom stereocenters. The van der Waals surface area contributed by atoms with E-state index in [2.05, 4.69) is 16.7 Å². The number of nitrogens with zero attached hydrogens (tertiary/aromatic N) is 2. The van der Waals surface area contributed by atoms with Crippen LogP contribution in [0.25, 0.3) is 0 Å². The monoisotopic (exact) mass is 492 g/mol. The first-order valence-corrected chi connectivity index (χ1v) is 11.3. The van der Waals surface area contributed by atoms with Gasteiger partial charge in [0.2, 0.25) is 0 Å². The quantitative estimate of drug-likeness (QED) is 0.559. The maximum absolute atomic E-state index is 10.6. The molecule has 0 aromatic heterocycles. The van der Waals surface area contributed by atoms with Crippen molar-refractivity contribution in [1.82, 2.24) is 9.80 Å². The molecule has 0 spiro atoms. The SMILES string of the molecule is CCCN1CCC(N2CC[C@@H]3CCCC[C@@H]3C2)CC1.O=C(O)C(F)(F)F.O=C(O)C(F)(F)F. The molecule has 3 rings (SSSR count). The second kappa shape index (κ2) is 13.4. The molecule has 0 aromatic carbocycles. The number of carbonyl (C=O) groups is 2. The molecule has 3 aliphatic rings. The second-order valence-corrected chi connectivity index (χ2v) is 8.77. The predicted molar refractivity (Wildman–Crippen MR) is 109 cm³/mol. The summed E-state index contributed by atoms with van der Waals surface area (Å²) in [6.45, 7) is 9.16. The van der Waals surface area contributed by atoms with Gasteiger partial charge in [-0.05, 0) is 70.1 Å². The first kappa shape index (κ1) is 29.5. The Bertz CT molecular complexity index is 583. The fourth-order valence-corrected chi connectivity index (χ4v) is 4.78. The van der Waals surface area contributed by atoms with E-state index in [-0.39, 0.29) is 0 Å². The van der Waals surface area contributed by atoms with E-state index >= 15 is 0 Å². The van der Waals surface area contributed by atoms with Crippen LogP contribution in [0.2, 0.25) is 0 Å². The highest BCUT2D eigenvalue weighted by atomic mass is 19.4. The summed E-state index contributed by atoms with van der Waals surface area (Å²) in [5.41, 5.74) is 0. The standard InChI is InChI=1S/C17H32N2.2C2HF3O2/c1-2-10-18-11-8-17(9-12-18)19-13-7-15-5-3-4-6-16(15)14-19;2*3-2(4,5)1(6)7/h15-17H,2-14H2,1H3;2*(H,6,7)/t15-,16+;;/m0../s1. The van der Waals surface area contributed by atoms with Crippen LogP contribution in [0.5, 0.6) is 0 Å². The van der Waals surface area contributed by atoms with E-state index in [1.807, 2.05) is 0 Å². The molecule has 3 fully saturated rings. The van der Waals surface area contributed by atoms with Crippen LogP contribution in [0, 0.1) is 11.8 Å². The van der Waals surface area contributed by atoms with Crippen molar-refractivity contribution < 1.29 is 46.1 Å². The minimum atomic E-state index is -5.08. The van der Waals surface area contributed by atoms with Crippen molar-refractivity contribution in [2.75, 3.05) is 32.7 Å². The number of alkyl halides is 6. The second-order valence-electron chi connectivity index (χ2n) is 8.77. The van der Waals surface area contributed by atoms with E-state index in [9.17, 15) is 26.3 Å². The van der Waals surface area contributed by atoms with Crippen molar-refractivity contribution in [2.24, 2.45) is 11.8 Å². The molecule has 33 heavy (non-hydrogen) atoms. The van der Waals surface area contributed by atoms with Crippen molar-refractivity contribution in [2.45, 2.75) is 76.7 Å². The lowest BCUT2D eigenvalue weighted by Crippen LogP contribution is -2.50. The summed E-state index contributed by atoms with van der Waals surface area (Å²) in [5, 5.41) is 14.2. The third kappa shape index (κ3) is 10.9. The minimum absolute atomic E-state index is 0.913. The summed E-state index contributed by atoms with van der Waals surface area (Å²) in [5.74, 6) is -3.37. The predicted octanol–water partition coefficient (Wildman–Crippen LogP) is 4.64. The maximum Gasteiger partial charge on any atom is 0.490 e. The molecule has 0 amide bonds. The number of piperidine rings is 2. The zero-order chi connectivity index (χ0) is 25.2. The number of halogens is 6. The molecule has 0 bridgehead atoms. The molecule has 1 saturated carbocycles. The summed E-state index contributed by atoms with van der Waals surface area (Å²) in [6.07, 6.45) is 1.58. The van der Waals surface area contributed by atoms with E-state index in [0.29, 0.717) is 0 Å². The lowest BCUT2D eigenvalue weighted by molar-refractivity contribution is -0.193. The number of rotatable bonds is 3. The van der Waals surface area contributed by atoms with Gasteiger partial charge in [-0.15, -0.1) is 0 Å². The third-order valence-electron chi connectivity index (χ3n) is 6.42. The number of fused-ring (bicyclic) bond motifs is 1. The molecule has 194 valence electrons. The van der Waals surface area contributed by atoms with Gasteiger partial charge in [0, 0.05) is 12.6 Å². The smallest absolute Gasteiger partial charge is 0.475 e. The molecule has 2 heterocycles. The highest BCUT2D eigenvalue weighted by Crippen LogP contribution is 2.37. The van der Waals surface area contributed by atoms with Gasteiger partial charge in [-0.25, -0.2) is 9.59 Å². The summed E-state index contributed by atoms with van der Waals surface area (Å²) < 4.78 is 63.5. The van der Waals surface area contributed by atoms with Crippen LogP contribution < -0.4 is 0 Å². The molecule has 12 heteroatoms. The van der Waals surface area contributed by atoms with Gasteiger partial charge in [0.25, 0.3) is 0 Å². The number of aliphatic carboxylic acids is 2. The van der Waals surface area contributed by atoms with Gasteiger partial charge >= 0.3 is 24.3 Å². The molecule has 1 aliphatic carbocycles. The number of likely N-dealkylation sites (tertiary alicyclic amines) is 2. The molecule has 0 radical (unpaired) electrons. The molecular weight excluding hydrogens is 458 g/mol. The lowest BCUT2D eigenvalue weighted by Gasteiger charge is -2.46. The van der Waals surface area contributed by atoms with Crippen molar-refractivity contribution in [3.05, 3.63) is 0 Å². The molecule has 0 aromatic rings. The van der Waals surface area contributed by atoms with Gasteiger partial charge < -0.3 is 15.1 Å². The van der Waals surface area contributed by atoms with Crippen molar-refractivity contribution in [1.29, 1.82) is 0 Å². The Labute approximate surface area is 189 Å². The fraction of sp³-hybridized carbons (Fsp3) is 0.905. The van der Waals surface area contributed by atoms with Gasteiger partial charge in [-0.1, -0.05) is 26.2 Å². The molecule has 2 atom stereocenters. The maximum atomic E-state index is 10.6. The first-order chi connectivity index (χ1) is 15.3. The number of hydrogen-bond acceptors (Lipinski definition) is 4. The van der Waals surface area contributed by atoms with Crippen LogP contribution in [-0.4, -0.2) is 83.1 Å². The molecular formula is C21H34F6N2O4. The van der Waals surface area contributed by atoms with Gasteiger partial charge in [0.1, 0.15) is 0 Å². The fourth-order valence-electron chi connectivity index (χ4n) is 4.78. The summed E-state index contributed by atoms with van der Waals surface area (Å²) >= 11 is 0. The Morgan fingerprint density at radius 1 is 0.788 bits per heavy atom. The number of carboxylic acid groups (broad SMARTS) is 2. The van der Waals surface area contributed by atoms with Crippen LogP contribution in [0.4, 0.5) is 26.3 Å². The zero-order valence-electron chi connectivity index (χ0n) is 18.8. The van der Waals surface area contributed by atoms with Crippen LogP contribution in [0.3, 0.4) is 0 Å². The van der Waals surface area contributed by atoms with E-state index in [4.69, 9.17) is 19.8 Å². The van der Waals surface area contributed by atoms with Crippen molar-refractivity contribution >= 4 is 11.9 Å². The topological polar surface area (TPSA) is 81.1 Å². The molecule has 2 saturated heterocycles. The Morgan fingerprint density at radius 2 is 1.24 bits per heavy atom. The Kier molecular flexibility index (Phi) is 11.9. The van der Waals surface area contributed by atoms with E-state index in [1.165, 1.54) is 84.1 Å². The van der Waals surface area contributed by atoms with Gasteiger partial charge in [0.15, 0.2) is 0 Å². The highest BCUT2D eigenvalue weighted by molar-refractivity contribution is 5.73. The summed E-state index contributed by atoms with van der Waals surface area (Å²) in [6, 6.07) is 0.913. The number of hydrogen-bond donors (Lipinski definition) is 2. The van der Waals surface area contributed by atoms with Crippen LogP contribution in [0.1, 0.15) is 58.3 Å². The Morgan fingerprint density at radius 3 is 1.67 bits per heavy atom. The van der Waals surface area contributed by atoms with Gasteiger partial charge in [-0.3, -0.25) is 4.90 Å². The molecule has 2 aliphatic heterocycles. The highest BCUT2D eigenvalue weighted by Gasteiger charge is 2.39. The van der Waals surface area contributed by atoms with E-state index in [0.717, 1.165) is 17.9 Å². The average Bonchev–Trinajstić information content (AvgIpc) is 2.74. The largest absolute Gasteiger partial charge is 0.490 e. The Hall–Kier alpha value is -1.56. The molecule has 6 nitrogen and oxygen atoms in total. The Balaban J connectivity index is 0.000000324. The zero-order valence-corrected chi connectivity index (χ0v) is 18.8. The third-order valence-corrected chi connectivity index (χ3v) is 6.42. The van der Waals surface area contributed by atoms with Crippen molar-refractivity contribution in [3.8, 4) is 0 Å². The average molecular weight is 493 g/mol. The van der Waals surface area contributed by atoms with Crippen LogP contribution in [0.15, 0.2) is 0 Å². The normalized spacial score (nSPS) is 25.1. The first-order valence-electron chi connectivity index (χ1n) is 11.3. The molecule has 2 N–H and O–H groups in total. The van der Waals surface area contributed by atoms with E-state index < -0.39 is 24.3 Å². The van der Waals surface area contributed by atoms with Gasteiger partial charge in [0.05, 0.1) is 0 Å². The van der Waals surface area contributed by atoms with Crippen LogP contribution >= 0.6 is 0 Å². The lowest BCUT2D eigenvalue weighted by atomic mass is 9.74. The van der Waals surface area contributed by atoms with Crippen LogP contribution in [-0.2, 0) is 9.59 Å². The minimum Gasteiger partial charge on any atom is -0.475 e. The summed E-state index contributed by atoms with van der Waals surface area (Å²) in [7, 11) is 0. The van der Waals surface area contributed by atoms with Gasteiger partial charge in [-0.2, -0.15) is 26.3 Å². The number of carboxylic acids is 2. The van der Waals surface area contributed by atoms with Crippen molar-refractivity contribution in [3.63, 3.8) is 0 Å². The summed E-state index contributed by atoms with van der Waals surface area (Å²) in [4.78, 5) is 23.3.